The van der Waals surface area contributed by atoms with Crippen molar-refractivity contribution in [2.45, 2.75) is 63.8 Å². The van der Waals surface area contributed by atoms with Crippen LogP contribution < -0.4 is 11.1 Å². The zero-order valence-electron chi connectivity index (χ0n) is 13.4. The van der Waals surface area contributed by atoms with Gasteiger partial charge in [-0.3, -0.25) is 9.59 Å². The molecule has 2 fully saturated rings. The molecule has 0 bridgehead atoms. The largest absolute Gasteiger partial charge is 0.356 e. The molecular formula is C16H30ClN3O2. The van der Waals surface area contributed by atoms with Gasteiger partial charge in [-0.05, 0) is 38.0 Å². The van der Waals surface area contributed by atoms with Crippen molar-refractivity contribution in [3.63, 3.8) is 0 Å². The Labute approximate surface area is 139 Å². The highest BCUT2D eigenvalue weighted by atomic mass is 35.5. The van der Waals surface area contributed by atoms with Crippen LogP contribution in [0, 0.1) is 5.92 Å². The third-order valence-electron chi connectivity index (χ3n) is 4.79. The van der Waals surface area contributed by atoms with E-state index in [0.29, 0.717) is 25.3 Å². The summed E-state index contributed by atoms with van der Waals surface area (Å²) in [5, 5.41) is 2.88. The van der Waals surface area contributed by atoms with Gasteiger partial charge in [0.1, 0.15) is 0 Å². The second-order valence-electron chi connectivity index (χ2n) is 6.45. The van der Waals surface area contributed by atoms with Gasteiger partial charge in [0, 0.05) is 38.5 Å². The van der Waals surface area contributed by atoms with E-state index >= 15 is 0 Å². The topological polar surface area (TPSA) is 75.4 Å². The van der Waals surface area contributed by atoms with Crippen LogP contribution in [0.5, 0.6) is 0 Å². The summed E-state index contributed by atoms with van der Waals surface area (Å²) in [5.74, 6) is 0.532. The minimum atomic E-state index is 0. The molecule has 2 unspecified atom stereocenters. The number of likely N-dealkylation sites (tertiary alicyclic amines) is 1. The van der Waals surface area contributed by atoms with Crippen molar-refractivity contribution >= 4 is 24.2 Å². The van der Waals surface area contributed by atoms with E-state index in [0.717, 1.165) is 38.8 Å². The highest BCUT2D eigenvalue weighted by molar-refractivity contribution is 5.85. The smallest absolute Gasteiger partial charge is 0.224 e. The summed E-state index contributed by atoms with van der Waals surface area (Å²) in [6.07, 6.45) is 8.83. The van der Waals surface area contributed by atoms with Gasteiger partial charge in [-0.25, -0.2) is 0 Å². The fourth-order valence-electron chi connectivity index (χ4n) is 3.41. The van der Waals surface area contributed by atoms with Gasteiger partial charge in [-0.1, -0.05) is 12.8 Å². The maximum Gasteiger partial charge on any atom is 0.224 e. The Morgan fingerprint density at radius 3 is 2.41 bits per heavy atom. The molecule has 0 aromatic carbocycles. The van der Waals surface area contributed by atoms with E-state index in [1.807, 2.05) is 4.90 Å². The summed E-state index contributed by atoms with van der Waals surface area (Å²) >= 11 is 0. The van der Waals surface area contributed by atoms with Crippen molar-refractivity contribution < 1.29 is 9.59 Å². The first-order chi connectivity index (χ1) is 10.2. The van der Waals surface area contributed by atoms with E-state index in [1.165, 1.54) is 19.3 Å². The number of amides is 2. The molecule has 1 heterocycles. The molecule has 3 N–H and O–H groups in total. The molecule has 0 radical (unpaired) electrons. The Morgan fingerprint density at radius 1 is 1.05 bits per heavy atom. The molecule has 1 saturated heterocycles. The van der Waals surface area contributed by atoms with Gasteiger partial charge in [-0.2, -0.15) is 0 Å². The van der Waals surface area contributed by atoms with Crippen molar-refractivity contribution in [1.29, 1.82) is 0 Å². The lowest BCUT2D eigenvalue weighted by atomic mass is 9.83. The number of halogens is 1. The average molecular weight is 332 g/mol. The molecule has 2 amide bonds. The maximum atomic E-state index is 12.0. The van der Waals surface area contributed by atoms with Crippen molar-refractivity contribution in [2.24, 2.45) is 11.7 Å². The Bertz CT molecular complexity index is 359. The van der Waals surface area contributed by atoms with Crippen molar-refractivity contribution in [2.75, 3.05) is 19.6 Å². The number of nitrogens with zero attached hydrogens (tertiary/aromatic N) is 1. The van der Waals surface area contributed by atoms with E-state index < -0.39 is 0 Å². The number of rotatable bonds is 5. The van der Waals surface area contributed by atoms with Crippen LogP contribution in [0.4, 0.5) is 0 Å². The molecule has 5 nitrogen and oxygen atoms in total. The molecular weight excluding hydrogens is 302 g/mol. The highest BCUT2D eigenvalue weighted by Crippen LogP contribution is 2.25. The molecule has 6 heteroatoms. The monoisotopic (exact) mass is 331 g/mol. The first kappa shape index (κ1) is 19.2. The van der Waals surface area contributed by atoms with Crippen molar-refractivity contribution in [1.82, 2.24) is 10.2 Å². The fraction of sp³-hybridized carbons (Fsp3) is 0.875. The summed E-state index contributed by atoms with van der Waals surface area (Å²) in [5.41, 5.74) is 6.06. The van der Waals surface area contributed by atoms with E-state index in [9.17, 15) is 9.59 Å². The molecule has 22 heavy (non-hydrogen) atoms. The Hall–Kier alpha value is -0.810. The van der Waals surface area contributed by atoms with Gasteiger partial charge >= 0.3 is 0 Å². The van der Waals surface area contributed by atoms with Crippen LogP contribution in [0.25, 0.3) is 0 Å². The molecule has 0 aromatic rings. The first-order valence-electron chi connectivity index (χ1n) is 8.47. The van der Waals surface area contributed by atoms with Gasteiger partial charge < -0.3 is 16.0 Å². The van der Waals surface area contributed by atoms with Gasteiger partial charge in [0.25, 0.3) is 0 Å². The van der Waals surface area contributed by atoms with Crippen molar-refractivity contribution in [3.8, 4) is 0 Å². The lowest BCUT2D eigenvalue weighted by molar-refractivity contribution is -0.132. The summed E-state index contributed by atoms with van der Waals surface area (Å²) in [6, 6.07) is 0.166. The summed E-state index contributed by atoms with van der Waals surface area (Å²) in [7, 11) is 0. The van der Waals surface area contributed by atoms with Gasteiger partial charge in [0.05, 0.1) is 0 Å². The van der Waals surface area contributed by atoms with E-state index in [2.05, 4.69) is 5.32 Å². The zero-order valence-corrected chi connectivity index (χ0v) is 14.2. The number of piperidine rings is 1. The van der Waals surface area contributed by atoms with Crippen LogP contribution in [0.15, 0.2) is 0 Å². The number of nitrogens with one attached hydrogen (secondary N) is 1. The van der Waals surface area contributed by atoms with E-state index in [1.54, 1.807) is 0 Å². The van der Waals surface area contributed by atoms with Gasteiger partial charge in [0.15, 0.2) is 0 Å². The van der Waals surface area contributed by atoms with Crippen LogP contribution in [0.3, 0.4) is 0 Å². The molecule has 0 aromatic heterocycles. The maximum absolute atomic E-state index is 12.0. The number of nitrogens with two attached hydrogens (primary N) is 1. The minimum Gasteiger partial charge on any atom is -0.356 e. The van der Waals surface area contributed by atoms with Gasteiger partial charge in [-0.15, -0.1) is 12.4 Å². The molecule has 2 rings (SSSR count). The normalized spacial score (nSPS) is 25.2. The van der Waals surface area contributed by atoms with Gasteiger partial charge in [0.2, 0.25) is 11.8 Å². The second-order valence-corrected chi connectivity index (χ2v) is 6.45. The number of carbonyl (C=O) groups excluding carboxylic acids is 2. The summed E-state index contributed by atoms with van der Waals surface area (Å²) < 4.78 is 0. The van der Waals surface area contributed by atoms with Crippen LogP contribution >= 0.6 is 12.4 Å². The average Bonchev–Trinajstić information content (AvgIpc) is 2.50. The van der Waals surface area contributed by atoms with Crippen LogP contribution in [-0.2, 0) is 9.59 Å². The lowest BCUT2D eigenvalue weighted by Crippen LogP contribution is -2.39. The third-order valence-corrected chi connectivity index (χ3v) is 4.79. The quantitative estimate of drug-likeness (QED) is 0.807. The fourth-order valence-corrected chi connectivity index (χ4v) is 3.41. The molecule has 0 spiro atoms. The first-order valence-corrected chi connectivity index (χ1v) is 8.47. The minimum absolute atomic E-state index is 0. The SMILES string of the molecule is Cl.NC1CCCCC1CC(=O)NCCC(=O)N1CCCCC1. The molecule has 128 valence electrons. The van der Waals surface area contributed by atoms with Crippen LogP contribution in [0.1, 0.15) is 57.8 Å². The summed E-state index contributed by atoms with van der Waals surface area (Å²) in [6.45, 7) is 2.21. The Morgan fingerprint density at radius 2 is 1.73 bits per heavy atom. The Balaban J connectivity index is 0.00000242. The van der Waals surface area contributed by atoms with Crippen LogP contribution in [0.2, 0.25) is 0 Å². The zero-order chi connectivity index (χ0) is 15.1. The summed E-state index contributed by atoms with van der Waals surface area (Å²) in [4.78, 5) is 25.8. The predicted molar refractivity (Wildman–Crippen MR) is 89.9 cm³/mol. The molecule has 2 aliphatic rings. The molecule has 1 saturated carbocycles. The number of hydrogen-bond donors (Lipinski definition) is 2. The predicted octanol–water partition coefficient (Wildman–Crippen LogP) is 1.83. The lowest BCUT2D eigenvalue weighted by Gasteiger charge is -2.28. The third kappa shape index (κ3) is 6.13. The van der Waals surface area contributed by atoms with Crippen LogP contribution in [-0.4, -0.2) is 42.4 Å². The number of hydrogen-bond acceptors (Lipinski definition) is 3. The molecule has 2 atom stereocenters. The molecule has 1 aliphatic carbocycles. The Kier molecular flexibility index (Phi) is 8.79. The van der Waals surface area contributed by atoms with E-state index in [-0.39, 0.29) is 30.3 Å². The molecule has 1 aliphatic heterocycles. The standard InChI is InChI=1S/C16H29N3O2.ClH/c17-14-7-3-2-6-13(14)12-15(20)18-9-8-16(21)19-10-4-1-5-11-19;/h13-14H,1-12,17H2,(H,18,20);1H. The van der Waals surface area contributed by atoms with E-state index in [4.69, 9.17) is 5.73 Å². The second kappa shape index (κ2) is 10.1. The number of carbonyl (C=O) groups is 2. The highest BCUT2D eigenvalue weighted by Gasteiger charge is 2.24. The van der Waals surface area contributed by atoms with Crippen molar-refractivity contribution in [3.05, 3.63) is 0 Å².